The van der Waals surface area contributed by atoms with Crippen LogP contribution in [0.2, 0.25) is 0 Å². The highest BCUT2D eigenvalue weighted by Crippen LogP contribution is 2.54. The van der Waals surface area contributed by atoms with E-state index in [1.54, 1.807) is 6.92 Å². The highest BCUT2D eigenvalue weighted by atomic mass is 19.3. The van der Waals surface area contributed by atoms with Gasteiger partial charge in [-0.1, -0.05) is 68.8 Å². The molecule has 0 bridgehead atoms. The summed E-state index contributed by atoms with van der Waals surface area (Å²) >= 11 is 0. The van der Waals surface area contributed by atoms with E-state index in [9.17, 15) is 23.2 Å². The predicted octanol–water partition coefficient (Wildman–Crippen LogP) is 4.02. The van der Waals surface area contributed by atoms with Crippen molar-refractivity contribution >= 4 is 18.0 Å². The Balaban J connectivity index is 1.37. The Hall–Kier alpha value is -3.49. The molecule has 1 fully saturated rings. The maximum absolute atomic E-state index is 13.6. The van der Waals surface area contributed by atoms with E-state index in [0.717, 1.165) is 22.3 Å². The fraction of sp³-hybridized carbons (Fsp3) is 0.423. The van der Waals surface area contributed by atoms with Crippen LogP contribution in [0.15, 0.2) is 48.5 Å². The largest absolute Gasteiger partial charge is 0.481 e. The minimum atomic E-state index is -3.36. The third-order valence-corrected chi connectivity index (χ3v) is 7.08. The fourth-order valence-electron chi connectivity index (χ4n) is 4.77. The highest BCUT2D eigenvalue weighted by molar-refractivity contribution is 5.86. The van der Waals surface area contributed by atoms with Crippen LogP contribution in [0, 0.1) is 17.8 Å². The zero-order chi connectivity index (χ0) is 25.3. The molecule has 3 unspecified atom stereocenters. The van der Waals surface area contributed by atoms with Crippen LogP contribution in [-0.2, 0) is 14.3 Å². The number of hydrogen-bond acceptors (Lipinski definition) is 4. The molecule has 2 amide bonds. The van der Waals surface area contributed by atoms with Gasteiger partial charge in [0.15, 0.2) is 0 Å². The molecular formula is C26H28F2N2O5. The van der Waals surface area contributed by atoms with Gasteiger partial charge in [-0.3, -0.25) is 9.59 Å². The Morgan fingerprint density at radius 3 is 2.14 bits per heavy atom. The monoisotopic (exact) mass is 486 g/mol. The summed E-state index contributed by atoms with van der Waals surface area (Å²) in [4.78, 5) is 36.3. The first-order valence-electron chi connectivity index (χ1n) is 11.7. The van der Waals surface area contributed by atoms with Crippen molar-refractivity contribution < 1.29 is 33.0 Å². The Morgan fingerprint density at radius 1 is 1.06 bits per heavy atom. The van der Waals surface area contributed by atoms with Gasteiger partial charge in [0, 0.05) is 12.5 Å². The number of nitrogens with one attached hydrogen (secondary N) is 2. The van der Waals surface area contributed by atoms with Gasteiger partial charge in [0.1, 0.15) is 18.6 Å². The van der Waals surface area contributed by atoms with Crippen LogP contribution in [-0.4, -0.2) is 48.2 Å². The van der Waals surface area contributed by atoms with Crippen molar-refractivity contribution in [2.45, 2.75) is 38.2 Å². The van der Waals surface area contributed by atoms with Gasteiger partial charge in [-0.2, -0.15) is 0 Å². The number of ether oxygens (including phenoxy) is 1. The van der Waals surface area contributed by atoms with Gasteiger partial charge in [-0.05, 0) is 28.2 Å². The van der Waals surface area contributed by atoms with E-state index in [1.807, 2.05) is 55.5 Å². The molecule has 2 aliphatic rings. The lowest BCUT2D eigenvalue weighted by molar-refractivity contribution is -0.141. The number of halogens is 2. The van der Waals surface area contributed by atoms with Gasteiger partial charge < -0.3 is 20.5 Å². The van der Waals surface area contributed by atoms with Crippen molar-refractivity contribution in [1.82, 2.24) is 10.6 Å². The average Bonchev–Trinajstić information content (AvgIpc) is 3.26. The first-order valence-corrected chi connectivity index (χ1v) is 11.7. The number of carboxylic acids is 1. The summed E-state index contributed by atoms with van der Waals surface area (Å²) in [5.74, 6) is -9.31. The minimum absolute atomic E-state index is 0.0727. The molecule has 35 heavy (non-hydrogen) atoms. The molecule has 2 aliphatic carbocycles. The van der Waals surface area contributed by atoms with Gasteiger partial charge >= 0.3 is 12.1 Å². The summed E-state index contributed by atoms with van der Waals surface area (Å²) in [7, 11) is 0. The molecule has 2 aromatic carbocycles. The second-order valence-electron chi connectivity index (χ2n) is 9.18. The summed E-state index contributed by atoms with van der Waals surface area (Å²) in [6.07, 6.45) is -0.244. The van der Waals surface area contributed by atoms with Crippen LogP contribution in [0.1, 0.15) is 37.3 Å². The second-order valence-corrected chi connectivity index (χ2v) is 9.18. The van der Waals surface area contributed by atoms with E-state index < -0.39 is 48.3 Å². The van der Waals surface area contributed by atoms with Crippen molar-refractivity contribution in [3.05, 3.63) is 59.7 Å². The lowest BCUT2D eigenvalue weighted by atomic mass is 9.98. The normalized spacial score (nSPS) is 21.3. The number of carbonyl (C=O) groups excluding carboxylic acids is 2. The molecular weight excluding hydrogens is 458 g/mol. The van der Waals surface area contributed by atoms with Gasteiger partial charge in [0.25, 0.3) is 5.92 Å². The predicted molar refractivity (Wildman–Crippen MR) is 124 cm³/mol. The number of amides is 2. The van der Waals surface area contributed by atoms with Gasteiger partial charge in [-0.15, -0.1) is 0 Å². The van der Waals surface area contributed by atoms with Gasteiger partial charge in [0.05, 0.1) is 5.92 Å². The second kappa shape index (κ2) is 9.64. The third kappa shape index (κ3) is 4.72. The van der Waals surface area contributed by atoms with Crippen LogP contribution in [0.5, 0.6) is 0 Å². The van der Waals surface area contributed by atoms with Crippen LogP contribution >= 0.6 is 0 Å². The number of aliphatic carboxylic acids is 1. The zero-order valence-electron chi connectivity index (χ0n) is 19.5. The number of alkyl halides is 2. The molecule has 4 rings (SSSR count). The first kappa shape index (κ1) is 24.6. The molecule has 9 heteroatoms. The maximum atomic E-state index is 13.6. The Morgan fingerprint density at radius 2 is 1.63 bits per heavy atom. The maximum Gasteiger partial charge on any atom is 0.407 e. The Bertz CT molecular complexity index is 1090. The quantitative estimate of drug-likeness (QED) is 0.497. The number of benzene rings is 2. The summed E-state index contributed by atoms with van der Waals surface area (Å²) < 4.78 is 32.8. The molecule has 2 aromatic rings. The number of fused-ring (bicyclic) bond motifs is 3. The molecule has 7 nitrogen and oxygen atoms in total. The average molecular weight is 487 g/mol. The highest BCUT2D eigenvalue weighted by Gasteiger charge is 2.72. The van der Waals surface area contributed by atoms with Crippen molar-refractivity contribution in [1.29, 1.82) is 0 Å². The van der Waals surface area contributed by atoms with E-state index in [2.05, 4.69) is 10.6 Å². The fourth-order valence-corrected chi connectivity index (χ4v) is 4.77. The Labute approximate surface area is 201 Å². The lowest BCUT2D eigenvalue weighted by Crippen LogP contribution is -2.51. The number of rotatable bonds is 9. The van der Waals surface area contributed by atoms with Crippen molar-refractivity contribution in [3.8, 4) is 11.1 Å². The molecule has 0 saturated heterocycles. The molecule has 0 spiro atoms. The SMILES string of the molecule is CCC(C)[C@H](NC(=O)OCC1c2ccccc2-c2ccccc21)C(=O)NCC1C(C(=O)O)C1(F)F. The first-order chi connectivity index (χ1) is 16.7. The number of carboxylic acid groups (broad SMARTS) is 1. The smallest absolute Gasteiger partial charge is 0.407 e. The van der Waals surface area contributed by atoms with E-state index in [0.29, 0.717) is 6.42 Å². The van der Waals surface area contributed by atoms with Crippen LogP contribution in [0.3, 0.4) is 0 Å². The molecule has 186 valence electrons. The molecule has 0 aliphatic heterocycles. The number of hydrogen-bond donors (Lipinski definition) is 3. The van der Waals surface area contributed by atoms with Crippen LogP contribution in [0.25, 0.3) is 11.1 Å². The van der Waals surface area contributed by atoms with Crippen molar-refractivity contribution in [2.24, 2.45) is 17.8 Å². The molecule has 3 N–H and O–H groups in total. The molecule has 1 saturated carbocycles. The third-order valence-electron chi connectivity index (χ3n) is 7.08. The summed E-state index contributed by atoms with van der Waals surface area (Å²) in [6, 6.07) is 14.8. The van der Waals surface area contributed by atoms with Crippen LogP contribution < -0.4 is 10.6 Å². The summed E-state index contributed by atoms with van der Waals surface area (Å²) in [5, 5.41) is 13.8. The van der Waals surface area contributed by atoms with E-state index in [4.69, 9.17) is 9.84 Å². The van der Waals surface area contributed by atoms with Crippen molar-refractivity contribution in [3.63, 3.8) is 0 Å². The molecule has 4 atom stereocenters. The number of alkyl carbamates (subject to hydrolysis) is 1. The molecule has 0 radical (unpaired) electrons. The van der Waals surface area contributed by atoms with Gasteiger partial charge in [0.2, 0.25) is 5.91 Å². The Kier molecular flexibility index (Phi) is 6.78. The van der Waals surface area contributed by atoms with E-state index in [1.165, 1.54) is 0 Å². The number of carbonyl (C=O) groups is 3. The lowest BCUT2D eigenvalue weighted by Gasteiger charge is -2.24. The summed E-state index contributed by atoms with van der Waals surface area (Å²) in [5.41, 5.74) is 4.28. The zero-order valence-corrected chi connectivity index (χ0v) is 19.5. The topological polar surface area (TPSA) is 105 Å². The molecule has 0 aromatic heterocycles. The van der Waals surface area contributed by atoms with E-state index >= 15 is 0 Å². The molecule has 0 heterocycles. The van der Waals surface area contributed by atoms with Crippen LogP contribution in [0.4, 0.5) is 13.6 Å². The minimum Gasteiger partial charge on any atom is -0.481 e. The standard InChI is InChI=1S/C26H28F2N2O5/c1-3-14(2)22(23(31)29-12-20-21(24(32)33)26(20,27)28)30-25(34)35-13-19-17-10-6-4-8-15(17)16-9-5-7-11-18(16)19/h4-11,14,19-22H,3,12-13H2,1-2H3,(H,29,31)(H,30,34)(H,32,33)/t14?,20?,21?,22-/m0/s1. The van der Waals surface area contributed by atoms with E-state index in [-0.39, 0.29) is 18.4 Å². The van der Waals surface area contributed by atoms with Gasteiger partial charge in [-0.25, -0.2) is 13.6 Å². The summed E-state index contributed by atoms with van der Waals surface area (Å²) in [6.45, 7) is 3.17. The van der Waals surface area contributed by atoms with Crippen molar-refractivity contribution in [2.75, 3.05) is 13.2 Å².